The molecule has 5 nitrogen and oxygen atoms in total. The quantitative estimate of drug-likeness (QED) is 0.570. The zero-order valence-corrected chi connectivity index (χ0v) is 10.8. The fraction of sp³-hybridized carbons (Fsp3) is 0.364. The molecule has 2 atom stereocenters. The lowest BCUT2D eigenvalue weighted by Gasteiger charge is -2.17. The summed E-state index contributed by atoms with van der Waals surface area (Å²) in [6.45, 7) is 0. The van der Waals surface area contributed by atoms with Crippen molar-refractivity contribution in [3.05, 3.63) is 28.2 Å². The minimum atomic E-state index is -1.21. The molecule has 0 bridgehead atoms. The van der Waals surface area contributed by atoms with Crippen molar-refractivity contribution < 1.29 is 19.7 Å². The molecule has 1 rings (SSSR count). The smallest absolute Gasteiger partial charge is 0.308 e. The van der Waals surface area contributed by atoms with Gasteiger partial charge in [0.25, 0.3) is 0 Å². The number of ether oxygens (including phenoxy) is 1. The first-order chi connectivity index (χ1) is 7.95. The maximum absolute atomic E-state index is 11.0. The molecule has 0 aliphatic carbocycles. The number of aliphatic hydroxyl groups excluding tert-OH is 2. The third-order valence-electron chi connectivity index (χ3n) is 2.33. The number of aliphatic hydroxyl groups is 2. The van der Waals surface area contributed by atoms with Crippen LogP contribution in [0.15, 0.2) is 22.7 Å². The second-order valence-corrected chi connectivity index (χ2v) is 4.43. The van der Waals surface area contributed by atoms with Gasteiger partial charge in [-0.05, 0) is 33.6 Å². The molecule has 0 saturated carbocycles. The predicted molar refractivity (Wildman–Crippen MR) is 66.2 cm³/mol. The molecule has 0 heterocycles. The maximum atomic E-state index is 11.0. The van der Waals surface area contributed by atoms with Gasteiger partial charge in [0.1, 0.15) is 6.10 Å². The number of carbonyl (C=O) groups is 1. The first-order valence-electron chi connectivity index (χ1n) is 4.93. The third kappa shape index (κ3) is 3.69. The summed E-state index contributed by atoms with van der Waals surface area (Å²) in [5.74, 6) is -0.578. The number of methoxy groups -OCH3 is 1. The molecule has 1 aromatic rings. The molecule has 6 heteroatoms. The Morgan fingerprint density at radius 2 is 2.18 bits per heavy atom. The molecule has 0 aliphatic heterocycles. The number of esters is 1. The van der Waals surface area contributed by atoms with Gasteiger partial charge in [0.05, 0.1) is 19.6 Å². The van der Waals surface area contributed by atoms with E-state index >= 15 is 0 Å². The van der Waals surface area contributed by atoms with Crippen LogP contribution >= 0.6 is 15.9 Å². The van der Waals surface area contributed by atoms with Crippen molar-refractivity contribution in [2.45, 2.75) is 18.6 Å². The number of carbonyl (C=O) groups excluding carboxylic acids is 1. The summed E-state index contributed by atoms with van der Waals surface area (Å²) in [7, 11) is 1.22. The van der Waals surface area contributed by atoms with Crippen molar-refractivity contribution in [1.82, 2.24) is 0 Å². The van der Waals surface area contributed by atoms with Gasteiger partial charge >= 0.3 is 5.97 Å². The summed E-state index contributed by atoms with van der Waals surface area (Å²) in [5.41, 5.74) is 6.61. The van der Waals surface area contributed by atoms with Gasteiger partial charge in [0.2, 0.25) is 0 Å². The predicted octanol–water partition coefficient (Wildman–Crippen LogP) is 0.989. The van der Waals surface area contributed by atoms with Gasteiger partial charge in [-0.15, -0.1) is 0 Å². The normalized spacial score (nSPS) is 14.1. The van der Waals surface area contributed by atoms with E-state index in [1.165, 1.54) is 7.11 Å². The van der Waals surface area contributed by atoms with Gasteiger partial charge in [0.15, 0.2) is 0 Å². The highest BCUT2D eigenvalue weighted by Crippen LogP contribution is 2.26. The van der Waals surface area contributed by atoms with Crippen molar-refractivity contribution in [2.24, 2.45) is 0 Å². The molecule has 0 radical (unpaired) electrons. The molecular formula is C11H14BrNO4. The largest absolute Gasteiger partial charge is 0.469 e. The molecule has 0 saturated heterocycles. The second kappa shape index (κ2) is 6.00. The number of nitrogens with two attached hydrogens (primary N) is 1. The third-order valence-corrected chi connectivity index (χ3v) is 3.02. The molecule has 94 valence electrons. The summed E-state index contributed by atoms with van der Waals surface area (Å²) >= 11 is 3.22. The summed E-state index contributed by atoms with van der Waals surface area (Å²) < 4.78 is 5.03. The molecule has 0 aromatic heterocycles. The molecular weight excluding hydrogens is 290 g/mol. The van der Waals surface area contributed by atoms with Gasteiger partial charge in [-0.25, -0.2) is 0 Å². The fourth-order valence-electron chi connectivity index (χ4n) is 1.32. The summed E-state index contributed by atoms with van der Waals surface area (Å²) in [6, 6.07) is 4.79. The average Bonchev–Trinajstić information content (AvgIpc) is 2.31. The second-order valence-electron chi connectivity index (χ2n) is 3.57. The van der Waals surface area contributed by atoms with Gasteiger partial charge in [-0.3, -0.25) is 4.79 Å². The van der Waals surface area contributed by atoms with E-state index in [0.717, 1.165) is 0 Å². The van der Waals surface area contributed by atoms with Crippen LogP contribution in [-0.4, -0.2) is 29.4 Å². The average molecular weight is 304 g/mol. The number of anilines is 1. The Hall–Kier alpha value is -1.11. The van der Waals surface area contributed by atoms with Gasteiger partial charge in [-0.1, -0.05) is 6.07 Å². The van der Waals surface area contributed by atoms with Crippen molar-refractivity contribution in [3.63, 3.8) is 0 Å². The zero-order chi connectivity index (χ0) is 13.0. The van der Waals surface area contributed by atoms with E-state index in [1.807, 2.05) is 0 Å². The number of nitrogen functional groups attached to an aromatic ring is 1. The van der Waals surface area contributed by atoms with Crippen LogP contribution in [0.5, 0.6) is 0 Å². The van der Waals surface area contributed by atoms with Gasteiger partial charge in [-0.2, -0.15) is 0 Å². The number of hydrogen-bond acceptors (Lipinski definition) is 5. The Labute approximate surface area is 107 Å². The molecule has 17 heavy (non-hydrogen) atoms. The van der Waals surface area contributed by atoms with Crippen molar-refractivity contribution in [3.8, 4) is 0 Å². The molecule has 2 unspecified atom stereocenters. The first kappa shape index (κ1) is 14.0. The molecule has 0 fully saturated rings. The van der Waals surface area contributed by atoms with Crippen LogP contribution in [0.4, 0.5) is 5.69 Å². The van der Waals surface area contributed by atoms with Gasteiger partial charge < -0.3 is 20.7 Å². The first-order valence-corrected chi connectivity index (χ1v) is 5.73. The molecule has 4 N–H and O–H groups in total. The highest BCUT2D eigenvalue weighted by atomic mass is 79.9. The van der Waals surface area contributed by atoms with Crippen LogP contribution in [-0.2, 0) is 9.53 Å². The van der Waals surface area contributed by atoms with Crippen LogP contribution in [0.3, 0.4) is 0 Å². The SMILES string of the molecule is COC(=O)CC(O)C(O)c1ccc(N)c(Br)c1. The topological polar surface area (TPSA) is 92.8 Å². The minimum absolute atomic E-state index is 0.264. The van der Waals surface area contributed by atoms with E-state index in [1.54, 1.807) is 18.2 Å². The van der Waals surface area contributed by atoms with E-state index in [4.69, 9.17) is 5.73 Å². The number of hydrogen-bond donors (Lipinski definition) is 3. The van der Waals surface area contributed by atoms with Crippen LogP contribution in [0.2, 0.25) is 0 Å². The van der Waals surface area contributed by atoms with E-state index in [2.05, 4.69) is 20.7 Å². The molecule has 0 spiro atoms. The Morgan fingerprint density at radius 1 is 1.53 bits per heavy atom. The number of rotatable bonds is 4. The van der Waals surface area contributed by atoms with Crippen LogP contribution in [0.25, 0.3) is 0 Å². The monoisotopic (exact) mass is 303 g/mol. The lowest BCUT2D eigenvalue weighted by molar-refractivity contribution is -0.144. The van der Waals surface area contributed by atoms with Gasteiger partial charge in [0, 0.05) is 10.2 Å². The maximum Gasteiger partial charge on any atom is 0.308 e. The highest BCUT2D eigenvalue weighted by Gasteiger charge is 2.22. The molecule has 1 aromatic carbocycles. The van der Waals surface area contributed by atoms with E-state index in [9.17, 15) is 15.0 Å². The standard InChI is InChI=1S/C11H14BrNO4/c1-17-10(15)5-9(14)11(16)6-2-3-8(13)7(12)4-6/h2-4,9,11,14,16H,5,13H2,1H3. The molecule has 0 aliphatic rings. The van der Waals surface area contributed by atoms with E-state index in [0.29, 0.717) is 15.7 Å². The lowest BCUT2D eigenvalue weighted by Crippen LogP contribution is -2.22. The van der Waals surface area contributed by atoms with E-state index in [-0.39, 0.29) is 6.42 Å². The Balaban J connectivity index is 2.77. The van der Waals surface area contributed by atoms with Crippen LogP contribution < -0.4 is 5.73 Å². The van der Waals surface area contributed by atoms with Crippen molar-refractivity contribution >= 4 is 27.6 Å². The number of benzene rings is 1. The summed E-state index contributed by atoms with van der Waals surface area (Å²) in [4.78, 5) is 11.0. The Kier molecular flexibility index (Phi) is 4.92. The number of halogens is 1. The van der Waals surface area contributed by atoms with Crippen LogP contribution in [0.1, 0.15) is 18.1 Å². The van der Waals surface area contributed by atoms with Crippen molar-refractivity contribution in [1.29, 1.82) is 0 Å². The molecule has 0 amide bonds. The van der Waals surface area contributed by atoms with Crippen molar-refractivity contribution in [2.75, 3.05) is 12.8 Å². The highest BCUT2D eigenvalue weighted by molar-refractivity contribution is 9.10. The summed E-state index contributed by atoms with van der Waals surface area (Å²) in [6.07, 6.45) is -2.64. The zero-order valence-electron chi connectivity index (χ0n) is 9.26. The minimum Gasteiger partial charge on any atom is -0.469 e. The van der Waals surface area contributed by atoms with E-state index < -0.39 is 18.2 Å². The fourth-order valence-corrected chi connectivity index (χ4v) is 1.71. The Morgan fingerprint density at radius 3 is 2.71 bits per heavy atom. The summed E-state index contributed by atoms with van der Waals surface area (Å²) in [5, 5.41) is 19.5. The van der Waals surface area contributed by atoms with Crippen LogP contribution in [0, 0.1) is 0 Å². The Bertz CT molecular complexity index is 410. The lowest BCUT2D eigenvalue weighted by atomic mass is 10.0.